The lowest BCUT2D eigenvalue weighted by atomic mass is 10.2. The van der Waals surface area contributed by atoms with Crippen LogP contribution in [0.25, 0.3) is 0 Å². The number of rotatable bonds is 6. The van der Waals surface area contributed by atoms with Crippen LogP contribution in [0.15, 0.2) is 18.3 Å². The minimum absolute atomic E-state index is 0.104. The number of esters is 1. The summed E-state index contributed by atoms with van der Waals surface area (Å²) in [4.78, 5) is 18.5. The topological polar surface area (TPSA) is 54.5 Å². The summed E-state index contributed by atoms with van der Waals surface area (Å²) >= 11 is 0. The molecule has 1 aromatic heterocycles. The van der Waals surface area contributed by atoms with E-state index in [0.717, 1.165) is 37.3 Å². The number of carbonyl (C=O) groups excluding carboxylic acids is 1. The van der Waals surface area contributed by atoms with Gasteiger partial charge < -0.3 is 10.1 Å². The Morgan fingerprint density at radius 1 is 1.55 bits per heavy atom. The molecule has 5 nitrogen and oxygen atoms in total. The summed E-state index contributed by atoms with van der Waals surface area (Å²) in [7, 11) is 0. The first-order valence-electron chi connectivity index (χ1n) is 7.34. The molecule has 110 valence electrons. The van der Waals surface area contributed by atoms with Crippen molar-refractivity contribution in [2.45, 2.75) is 39.3 Å². The van der Waals surface area contributed by atoms with Crippen molar-refractivity contribution in [1.82, 2.24) is 9.88 Å². The first kappa shape index (κ1) is 14.8. The van der Waals surface area contributed by atoms with E-state index in [1.807, 2.05) is 25.3 Å². The van der Waals surface area contributed by atoms with Crippen molar-refractivity contribution in [3.63, 3.8) is 0 Å². The fourth-order valence-electron chi connectivity index (χ4n) is 2.61. The lowest BCUT2D eigenvalue weighted by molar-refractivity contribution is -0.148. The average Bonchev–Trinajstić information content (AvgIpc) is 2.88. The van der Waals surface area contributed by atoms with Crippen LogP contribution in [0.4, 0.5) is 5.69 Å². The second-order valence-electron chi connectivity index (χ2n) is 4.95. The van der Waals surface area contributed by atoms with Crippen LogP contribution in [0.5, 0.6) is 0 Å². The summed E-state index contributed by atoms with van der Waals surface area (Å²) in [5.74, 6) is -0.104. The molecular formula is C15H23N3O2. The Morgan fingerprint density at radius 2 is 2.40 bits per heavy atom. The maximum absolute atomic E-state index is 11.9. The third-order valence-corrected chi connectivity index (χ3v) is 3.48. The monoisotopic (exact) mass is 277 g/mol. The summed E-state index contributed by atoms with van der Waals surface area (Å²) in [6.07, 6.45) is 3.73. The van der Waals surface area contributed by atoms with Crippen LogP contribution in [0.1, 0.15) is 32.4 Å². The Balaban J connectivity index is 2.01. The number of anilines is 1. The molecule has 1 atom stereocenters. The molecule has 0 saturated carbocycles. The zero-order chi connectivity index (χ0) is 14.4. The Kier molecular flexibility index (Phi) is 5.35. The van der Waals surface area contributed by atoms with Gasteiger partial charge in [-0.3, -0.25) is 14.7 Å². The van der Waals surface area contributed by atoms with Crippen molar-refractivity contribution in [1.29, 1.82) is 0 Å². The van der Waals surface area contributed by atoms with E-state index in [9.17, 15) is 4.79 Å². The van der Waals surface area contributed by atoms with Crippen LogP contribution in [0.3, 0.4) is 0 Å². The molecule has 1 unspecified atom stereocenters. The first-order valence-corrected chi connectivity index (χ1v) is 7.34. The molecule has 1 aliphatic heterocycles. The van der Waals surface area contributed by atoms with Crippen LogP contribution in [-0.2, 0) is 16.1 Å². The van der Waals surface area contributed by atoms with Crippen LogP contribution < -0.4 is 5.32 Å². The van der Waals surface area contributed by atoms with E-state index in [1.165, 1.54) is 0 Å². The first-order chi connectivity index (χ1) is 9.74. The molecule has 0 radical (unpaired) electrons. The summed E-state index contributed by atoms with van der Waals surface area (Å²) in [5.41, 5.74) is 2.06. The quantitative estimate of drug-likeness (QED) is 0.806. The lowest BCUT2D eigenvalue weighted by Crippen LogP contribution is -2.37. The number of aromatic nitrogens is 1. The van der Waals surface area contributed by atoms with E-state index in [2.05, 4.69) is 22.1 Å². The highest BCUT2D eigenvalue weighted by Crippen LogP contribution is 2.21. The van der Waals surface area contributed by atoms with Gasteiger partial charge in [-0.2, -0.15) is 0 Å². The normalized spacial score (nSPS) is 19.0. The van der Waals surface area contributed by atoms with E-state index >= 15 is 0 Å². The fourth-order valence-corrected chi connectivity index (χ4v) is 2.61. The van der Waals surface area contributed by atoms with Gasteiger partial charge in [-0.05, 0) is 45.4 Å². The SMILES string of the molecule is CCNc1ccnc(CN2CCCC2C(=O)OCC)c1. The number of hydrogen-bond acceptors (Lipinski definition) is 5. The third-order valence-electron chi connectivity index (χ3n) is 3.48. The number of hydrogen-bond donors (Lipinski definition) is 1. The van der Waals surface area contributed by atoms with E-state index in [0.29, 0.717) is 13.2 Å². The summed E-state index contributed by atoms with van der Waals surface area (Å²) in [5, 5.41) is 3.28. The second-order valence-corrected chi connectivity index (χ2v) is 4.95. The van der Waals surface area contributed by atoms with E-state index in [4.69, 9.17) is 4.74 Å². The molecule has 1 saturated heterocycles. The van der Waals surface area contributed by atoms with Crippen molar-refractivity contribution < 1.29 is 9.53 Å². The molecule has 1 fully saturated rings. The number of pyridine rings is 1. The number of likely N-dealkylation sites (tertiary alicyclic amines) is 1. The van der Waals surface area contributed by atoms with Crippen LogP contribution in [0, 0.1) is 0 Å². The van der Waals surface area contributed by atoms with Gasteiger partial charge in [0.15, 0.2) is 0 Å². The third kappa shape index (κ3) is 3.70. The highest BCUT2D eigenvalue weighted by Gasteiger charge is 2.31. The van der Waals surface area contributed by atoms with Crippen molar-refractivity contribution in [2.75, 3.05) is 25.0 Å². The molecule has 0 bridgehead atoms. The van der Waals surface area contributed by atoms with E-state index < -0.39 is 0 Å². The maximum atomic E-state index is 11.9. The summed E-state index contributed by atoms with van der Waals surface area (Å²) in [6, 6.07) is 3.89. The molecule has 5 heteroatoms. The van der Waals surface area contributed by atoms with Gasteiger partial charge >= 0.3 is 5.97 Å². The van der Waals surface area contributed by atoms with Gasteiger partial charge in [0.1, 0.15) is 6.04 Å². The second kappa shape index (κ2) is 7.24. The molecule has 2 rings (SSSR count). The summed E-state index contributed by atoms with van der Waals surface area (Å²) in [6.45, 7) is 6.87. The molecule has 0 aliphatic carbocycles. The largest absolute Gasteiger partial charge is 0.465 e. The number of carbonyl (C=O) groups is 1. The van der Waals surface area contributed by atoms with Crippen molar-refractivity contribution in [3.8, 4) is 0 Å². The highest BCUT2D eigenvalue weighted by atomic mass is 16.5. The molecule has 0 amide bonds. The van der Waals surface area contributed by atoms with Crippen molar-refractivity contribution >= 4 is 11.7 Å². The minimum atomic E-state index is -0.112. The van der Waals surface area contributed by atoms with Gasteiger partial charge in [0.2, 0.25) is 0 Å². The number of nitrogens with one attached hydrogen (secondary N) is 1. The molecule has 20 heavy (non-hydrogen) atoms. The lowest BCUT2D eigenvalue weighted by Gasteiger charge is -2.22. The summed E-state index contributed by atoms with van der Waals surface area (Å²) < 4.78 is 5.14. The molecule has 1 N–H and O–H groups in total. The number of ether oxygens (including phenoxy) is 1. The zero-order valence-electron chi connectivity index (χ0n) is 12.3. The molecule has 1 aliphatic rings. The van der Waals surface area contributed by atoms with Gasteiger partial charge in [0.25, 0.3) is 0 Å². The molecule has 0 spiro atoms. The standard InChI is InChI=1S/C15H23N3O2/c1-3-16-12-7-8-17-13(10-12)11-18-9-5-6-14(18)15(19)20-4-2/h7-8,10,14H,3-6,9,11H2,1-2H3,(H,16,17). The van der Waals surface area contributed by atoms with Gasteiger partial charge in [-0.1, -0.05) is 0 Å². The Labute approximate surface area is 120 Å². The van der Waals surface area contributed by atoms with Gasteiger partial charge in [0.05, 0.1) is 12.3 Å². The van der Waals surface area contributed by atoms with E-state index in [-0.39, 0.29) is 12.0 Å². The average molecular weight is 277 g/mol. The van der Waals surface area contributed by atoms with Crippen molar-refractivity contribution in [3.05, 3.63) is 24.0 Å². The van der Waals surface area contributed by atoms with Crippen molar-refractivity contribution in [2.24, 2.45) is 0 Å². The predicted octanol–water partition coefficient (Wildman–Crippen LogP) is 2.04. The van der Waals surface area contributed by atoms with Gasteiger partial charge in [0, 0.05) is 25.0 Å². The molecule has 1 aromatic rings. The zero-order valence-corrected chi connectivity index (χ0v) is 12.3. The number of nitrogens with zero attached hydrogens (tertiary/aromatic N) is 2. The Hall–Kier alpha value is -1.62. The van der Waals surface area contributed by atoms with E-state index in [1.54, 1.807) is 0 Å². The maximum Gasteiger partial charge on any atom is 0.323 e. The fraction of sp³-hybridized carbons (Fsp3) is 0.600. The Bertz CT molecular complexity index is 450. The van der Waals surface area contributed by atoms with Crippen LogP contribution >= 0.6 is 0 Å². The van der Waals surface area contributed by atoms with Gasteiger partial charge in [-0.15, -0.1) is 0 Å². The Morgan fingerprint density at radius 3 is 3.15 bits per heavy atom. The molecular weight excluding hydrogens is 254 g/mol. The smallest absolute Gasteiger partial charge is 0.323 e. The van der Waals surface area contributed by atoms with Gasteiger partial charge in [-0.25, -0.2) is 0 Å². The minimum Gasteiger partial charge on any atom is -0.465 e. The molecule has 2 heterocycles. The molecule has 0 aromatic carbocycles. The highest BCUT2D eigenvalue weighted by molar-refractivity contribution is 5.76. The predicted molar refractivity (Wildman–Crippen MR) is 78.5 cm³/mol. The van der Waals surface area contributed by atoms with Crippen LogP contribution in [-0.4, -0.2) is 41.6 Å². The van der Waals surface area contributed by atoms with Crippen LogP contribution in [0.2, 0.25) is 0 Å².